The van der Waals surface area contributed by atoms with Gasteiger partial charge in [0.2, 0.25) is 0 Å². The molecule has 0 saturated heterocycles. The Morgan fingerprint density at radius 3 is 2.50 bits per heavy atom. The predicted octanol–water partition coefficient (Wildman–Crippen LogP) is 3.36. The molecule has 1 atom stereocenters. The van der Waals surface area contributed by atoms with E-state index >= 15 is 0 Å². The molecular formula is C22H25ClN2O4S. The molecule has 1 unspecified atom stereocenters. The first kappa shape index (κ1) is 23.8. The van der Waals surface area contributed by atoms with E-state index in [1.807, 2.05) is 37.4 Å². The van der Waals surface area contributed by atoms with Crippen LogP contribution in [0.25, 0.3) is 0 Å². The van der Waals surface area contributed by atoms with E-state index in [1.165, 1.54) is 0 Å². The first-order valence-electron chi connectivity index (χ1n) is 9.44. The van der Waals surface area contributed by atoms with Crippen molar-refractivity contribution in [3.63, 3.8) is 0 Å². The van der Waals surface area contributed by atoms with Gasteiger partial charge >= 0.3 is 5.97 Å². The molecule has 0 bridgehead atoms. The van der Waals surface area contributed by atoms with E-state index in [-0.39, 0.29) is 5.56 Å². The third kappa shape index (κ3) is 7.39. The van der Waals surface area contributed by atoms with Gasteiger partial charge in [-0.2, -0.15) is 11.8 Å². The van der Waals surface area contributed by atoms with Crippen molar-refractivity contribution in [2.24, 2.45) is 0 Å². The highest BCUT2D eigenvalue weighted by Gasteiger charge is 2.24. The first-order valence-corrected chi connectivity index (χ1v) is 11.2. The van der Waals surface area contributed by atoms with Gasteiger partial charge in [0.1, 0.15) is 6.04 Å². The zero-order valence-electron chi connectivity index (χ0n) is 16.9. The number of ether oxygens (including phenoxy) is 1. The molecule has 2 aromatic rings. The van der Waals surface area contributed by atoms with Crippen LogP contribution in [0.1, 0.15) is 27.9 Å². The lowest BCUT2D eigenvalue weighted by molar-refractivity contribution is -0.150. The van der Waals surface area contributed by atoms with Gasteiger partial charge in [0, 0.05) is 6.54 Å². The van der Waals surface area contributed by atoms with Crippen LogP contribution in [0.15, 0.2) is 48.5 Å². The molecule has 6 nitrogen and oxygen atoms in total. The summed E-state index contributed by atoms with van der Waals surface area (Å²) in [5.74, 6) is -0.891. The van der Waals surface area contributed by atoms with E-state index < -0.39 is 30.4 Å². The van der Waals surface area contributed by atoms with Crippen LogP contribution < -0.4 is 10.6 Å². The van der Waals surface area contributed by atoms with Crippen molar-refractivity contribution < 1.29 is 19.1 Å². The Balaban J connectivity index is 1.89. The Hall–Kier alpha value is -2.51. The van der Waals surface area contributed by atoms with Crippen molar-refractivity contribution in [2.75, 3.05) is 18.6 Å². The van der Waals surface area contributed by atoms with Crippen molar-refractivity contribution in [1.82, 2.24) is 10.6 Å². The lowest BCUT2D eigenvalue weighted by Gasteiger charge is -2.18. The zero-order valence-corrected chi connectivity index (χ0v) is 18.5. The molecule has 30 heavy (non-hydrogen) atoms. The van der Waals surface area contributed by atoms with Gasteiger partial charge in [-0.05, 0) is 48.6 Å². The summed E-state index contributed by atoms with van der Waals surface area (Å²) in [7, 11) is 0. The first-order chi connectivity index (χ1) is 14.4. The molecule has 8 heteroatoms. The fourth-order valence-corrected chi connectivity index (χ4v) is 3.35. The molecule has 0 aromatic heterocycles. The highest BCUT2D eigenvalue weighted by molar-refractivity contribution is 7.98. The molecule has 2 aromatic carbocycles. The number of halogens is 1. The fraction of sp³-hybridized carbons (Fsp3) is 0.318. The van der Waals surface area contributed by atoms with Crippen LogP contribution in [0.4, 0.5) is 0 Å². The molecule has 2 N–H and O–H groups in total. The fourth-order valence-electron chi connectivity index (χ4n) is 2.66. The molecule has 0 fully saturated rings. The minimum absolute atomic E-state index is 0.275. The number of benzene rings is 2. The number of thioether (sulfide) groups is 1. The van der Waals surface area contributed by atoms with Crippen molar-refractivity contribution >= 4 is 41.1 Å². The summed E-state index contributed by atoms with van der Waals surface area (Å²) in [5, 5.41) is 5.68. The lowest BCUT2D eigenvalue weighted by Crippen LogP contribution is -2.43. The summed E-state index contributed by atoms with van der Waals surface area (Å²) >= 11 is 7.59. The number of esters is 1. The van der Waals surface area contributed by atoms with Gasteiger partial charge in [-0.15, -0.1) is 0 Å². The molecule has 0 heterocycles. The van der Waals surface area contributed by atoms with Crippen LogP contribution in [0.2, 0.25) is 5.02 Å². The average Bonchev–Trinajstić information content (AvgIpc) is 2.74. The summed E-state index contributed by atoms with van der Waals surface area (Å²) < 4.78 is 5.14. The lowest BCUT2D eigenvalue weighted by atomic mass is 10.1. The predicted molar refractivity (Wildman–Crippen MR) is 120 cm³/mol. The highest BCUT2D eigenvalue weighted by Crippen LogP contribution is 2.15. The van der Waals surface area contributed by atoms with Crippen LogP contribution in [-0.2, 0) is 20.9 Å². The number of carbonyl (C=O) groups excluding carboxylic acids is 3. The minimum Gasteiger partial charge on any atom is -0.454 e. The van der Waals surface area contributed by atoms with Gasteiger partial charge in [-0.3, -0.25) is 9.59 Å². The van der Waals surface area contributed by atoms with Crippen LogP contribution in [-0.4, -0.2) is 42.4 Å². The standard InChI is InChI=1S/C22H25ClN2O4S/c1-15-7-3-4-8-16(15)13-24-20(26)14-29-22(28)19(11-12-30-2)25-21(27)17-9-5-6-10-18(17)23/h3-10,19H,11-14H2,1-2H3,(H,24,26)(H,25,27). The smallest absolute Gasteiger partial charge is 0.329 e. The Morgan fingerprint density at radius 2 is 1.80 bits per heavy atom. The summed E-state index contributed by atoms with van der Waals surface area (Å²) in [4.78, 5) is 37.0. The van der Waals surface area contributed by atoms with Gasteiger partial charge < -0.3 is 15.4 Å². The van der Waals surface area contributed by atoms with E-state index in [0.29, 0.717) is 23.7 Å². The Bertz CT molecular complexity index is 891. The Morgan fingerprint density at radius 1 is 1.10 bits per heavy atom. The molecule has 2 rings (SSSR count). The largest absolute Gasteiger partial charge is 0.454 e. The van der Waals surface area contributed by atoms with Crippen molar-refractivity contribution in [3.05, 3.63) is 70.2 Å². The second-order valence-corrected chi connectivity index (χ2v) is 7.99. The number of amides is 2. The van der Waals surface area contributed by atoms with Crippen molar-refractivity contribution in [3.8, 4) is 0 Å². The van der Waals surface area contributed by atoms with Crippen LogP contribution in [0, 0.1) is 6.92 Å². The summed E-state index contributed by atoms with van der Waals surface area (Å²) in [6.07, 6.45) is 2.28. The van der Waals surface area contributed by atoms with Crippen LogP contribution >= 0.6 is 23.4 Å². The average molecular weight is 449 g/mol. The van der Waals surface area contributed by atoms with Gasteiger partial charge in [0.25, 0.3) is 11.8 Å². The molecule has 0 saturated carbocycles. The zero-order chi connectivity index (χ0) is 21.9. The maximum absolute atomic E-state index is 12.5. The van der Waals surface area contributed by atoms with Crippen LogP contribution in [0.3, 0.4) is 0 Å². The Kier molecular flexibility index (Phi) is 9.70. The van der Waals surface area contributed by atoms with Gasteiger partial charge in [0.15, 0.2) is 6.61 Å². The van der Waals surface area contributed by atoms with Gasteiger partial charge in [-0.25, -0.2) is 4.79 Å². The number of nitrogens with one attached hydrogen (secondary N) is 2. The summed E-state index contributed by atoms with van der Waals surface area (Å²) in [6, 6.07) is 13.4. The van der Waals surface area contributed by atoms with E-state index in [1.54, 1.807) is 36.0 Å². The maximum atomic E-state index is 12.5. The molecule has 0 aliphatic carbocycles. The third-order valence-corrected chi connectivity index (χ3v) is 5.38. The van der Waals surface area contributed by atoms with E-state index in [9.17, 15) is 14.4 Å². The molecule has 0 aliphatic heterocycles. The normalized spacial score (nSPS) is 11.4. The molecule has 2 amide bonds. The number of hydrogen-bond acceptors (Lipinski definition) is 5. The second kappa shape index (κ2) is 12.2. The van der Waals surface area contributed by atoms with Gasteiger partial charge in [-0.1, -0.05) is 48.0 Å². The number of hydrogen-bond donors (Lipinski definition) is 2. The summed E-state index contributed by atoms with van der Waals surface area (Å²) in [6.45, 7) is 1.89. The minimum atomic E-state index is -0.870. The SMILES string of the molecule is CSCCC(NC(=O)c1ccccc1Cl)C(=O)OCC(=O)NCc1ccccc1C. The third-order valence-electron chi connectivity index (χ3n) is 4.40. The van der Waals surface area contributed by atoms with Gasteiger partial charge in [0.05, 0.1) is 10.6 Å². The van der Waals surface area contributed by atoms with Crippen LogP contribution in [0.5, 0.6) is 0 Å². The topological polar surface area (TPSA) is 84.5 Å². The molecule has 0 aliphatic rings. The Labute approximate surface area is 185 Å². The number of carbonyl (C=O) groups is 3. The molecule has 0 spiro atoms. The summed E-state index contributed by atoms with van der Waals surface area (Å²) in [5.41, 5.74) is 2.33. The molecular weight excluding hydrogens is 424 g/mol. The number of rotatable bonds is 10. The molecule has 0 radical (unpaired) electrons. The van der Waals surface area contributed by atoms with Crippen molar-refractivity contribution in [1.29, 1.82) is 0 Å². The monoisotopic (exact) mass is 448 g/mol. The molecule has 160 valence electrons. The highest BCUT2D eigenvalue weighted by atomic mass is 35.5. The second-order valence-electron chi connectivity index (χ2n) is 6.60. The van der Waals surface area contributed by atoms with E-state index in [4.69, 9.17) is 16.3 Å². The quantitative estimate of drug-likeness (QED) is 0.544. The maximum Gasteiger partial charge on any atom is 0.329 e. The van der Waals surface area contributed by atoms with Crippen molar-refractivity contribution in [2.45, 2.75) is 25.9 Å². The van der Waals surface area contributed by atoms with E-state index in [0.717, 1.165) is 11.1 Å². The number of aryl methyl sites for hydroxylation is 1. The van der Waals surface area contributed by atoms with E-state index in [2.05, 4.69) is 10.6 Å².